The lowest BCUT2D eigenvalue weighted by molar-refractivity contribution is -0.385. The molecule has 0 aliphatic carbocycles. The Morgan fingerprint density at radius 2 is 1.42 bits per heavy atom. The van der Waals surface area contributed by atoms with Gasteiger partial charge in [0.1, 0.15) is 6.61 Å². The molecule has 0 aromatic heterocycles. The first kappa shape index (κ1) is 32.3. The van der Waals surface area contributed by atoms with Gasteiger partial charge >= 0.3 is 11.9 Å². The normalized spacial score (nSPS) is 24.8. The Morgan fingerprint density at radius 3 is 1.96 bits per heavy atom. The SMILES string of the molecule is CCOC(=O)C1C(C)NC(C)C(C(=O)OCCN2CCC(c3ccccc3)(c3ccccc3)CC2)C1c1cccc([N+](=O)[O-])c1. The van der Waals surface area contributed by atoms with Gasteiger partial charge in [-0.2, -0.15) is 0 Å². The molecule has 0 amide bonds. The van der Waals surface area contributed by atoms with Gasteiger partial charge in [-0.3, -0.25) is 24.6 Å². The van der Waals surface area contributed by atoms with Crippen LogP contribution in [0.4, 0.5) is 5.69 Å². The minimum absolute atomic E-state index is 0.0663. The molecule has 0 radical (unpaired) electrons. The van der Waals surface area contributed by atoms with E-state index < -0.39 is 34.6 Å². The molecule has 0 bridgehead atoms. The highest BCUT2D eigenvalue weighted by Gasteiger charge is 2.50. The van der Waals surface area contributed by atoms with Crippen LogP contribution in [0.2, 0.25) is 0 Å². The van der Waals surface area contributed by atoms with Crippen LogP contribution in [-0.4, -0.2) is 66.7 Å². The highest BCUT2D eigenvalue weighted by Crippen LogP contribution is 2.43. The van der Waals surface area contributed by atoms with Gasteiger partial charge in [0.2, 0.25) is 0 Å². The van der Waals surface area contributed by atoms with E-state index in [1.807, 2.05) is 26.0 Å². The maximum atomic E-state index is 13.8. The molecule has 5 unspecified atom stereocenters. The van der Waals surface area contributed by atoms with Crippen molar-refractivity contribution < 1.29 is 24.0 Å². The summed E-state index contributed by atoms with van der Waals surface area (Å²) in [5.74, 6) is -2.95. The van der Waals surface area contributed by atoms with Gasteiger partial charge in [-0.15, -0.1) is 0 Å². The minimum atomic E-state index is -0.734. The monoisotopic (exact) mass is 613 g/mol. The first-order chi connectivity index (χ1) is 21.7. The van der Waals surface area contributed by atoms with E-state index in [0.717, 1.165) is 25.9 Å². The lowest BCUT2D eigenvalue weighted by Crippen LogP contribution is -2.58. The number of likely N-dealkylation sites (tertiary alicyclic amines) is 1. The molecule has 2 aliphatic heterocycles. The summed E-state index contributed by atoms with van der Waals surface area (Å²) < 4.78 is 11.3. The number of ether oxygens (including phenoxy) is 2. The highest BCUT2D eigenvalue weighted by atomic mass is 16.6. The van der Waals surface area contributed by atoms with Gasteiger partial charge in [0.25, 0.3) is 5.69 Å². The number of hydrogen-bond donors (Lipinski definition) is 1. The Labute approximate surface area is 265 Å². The topological polar surface area (TPSA) is 111 Å². The zero-order valence-electron chi connectivity index (χ0n) is 26.3. The number of rotatable bonds is 10. The average Bonchev–Trinajstić information content (AvgIpc) is 3.05. The number of benzene rings is 3. The molecule has 3 aromatic carbocycles. The van der Waals surface area contributed by atoms with Gasteiger partial charge in [-0.05, 0) is 63.4 Å². The van der Waals surface area contributed by atoms with Crippen molar-refractivity contribution in [3.05, 3.63) is 112 Å². The molecular formula is C36H43N3O6. The molecule has 5 atom stereocenters. The van der Waals surface area contributed by atoms with Crippen LogP contribution in [0.25, 0.3) is 0 Å². The lowest BCUT2D eigenvalue weighted by atomic mass is 9.68. The van der Waals surface area contributed by atoms with E-state index in [9.17, 15) is 19.7 Å². The van der Waals surface area contributed by atoms with Crippen LogP contribution in [0.3, 0.4) is 0 Å². The summed E-state index contributed by atoms with van der Waals surface area (Å²) in [6, 6.07) is 26.9. The number of nitrogens with one attached hydrogen (secondary N) is 1. The molecule has 1 N–H and O–H groups in total. The van der Waals surface area contributed by atoms with Crippen LogP contribution in [0.1, 0.15) is 56.2 Å². The van der Waals surface area contributed by atoms with Crippen LogP contribution in [0.15, 0.2) is 84.9 Å². The van der Waals surface area contributed by atoms with Gasteiger partial charge in [-0.1, -0.05) is 72.8 Å². The second-order valence-electron chi connectivity index (χ2n) is 12.2. The van der Waals surface area contributed by atoms with Gasteiger partial charge in [0.05, 0.1) is 23.4 Å². The van der Waals surface area contributed by atoms with Crippen molar-refractivity contribution in [3.63, 3.8) is 0 Å². The molecule has 3 aromatic rings. The zero-order chi connectivity index (χ0) is 32.0. The van der Waals surface area contributed by atoms with Crippen molar-refractivity contribution in [1.82, 2.24) is 10.2 Å². The molecule has 45 heavy (non-hydrogen) atoms. The largest absolute Gasteiger partial charge is 0.466 e. The minimum Gasteiger partial charge on any atom is -0.466 e. The van der Waals surface area contributed by atoms with Crippen molar-refractivity contribution in [1.29, 1.82) is 0 Å². The first-order valence-electron chi connectivity index (χ1n) is 15.9. The molecule has 2 saturated heterocycles. The number of esters is 2. The summed E-state index contributed by atoms with van der Waals surface area (Å²) in [5, 5.41) is 15.0. The van der Waals surface area contributed by atoms with Crippen molar-refractivity contribution in [3.8, 4) is 0 Å². The van der Waals surface area contributed by atoms with E-state index in [0.29, 0.717) is 12.1 Å². The Morgan fingerprint density at radius 1 is 0.867 bits per heavy atom. The summed E-state index contributed by atoms with van der Waals surface area (Å²) in [4.78, 5) is 40.5. The van der Waals surface area contributed by atoms with Gasteiger partial charge < -0.3 is 14.8 Å². The summed E-state index contributed by atoms with van der Waals surface area (Å²) in [6.45, 7) is 8.24. The highest BCUT2D eigenvalue weighted by molar-refractivity contribution is 5.80. The van der Waals surface area contributed by atoms with E-state index in [2.05, 4.69) is 58.7 Å². The van der Waals surface area contributed by atoms with Crippen LogP contribution in [-0.2, 0) is 24.5 Å². The molecule has 5 rings (SSSR count). The fraction of sp³-hybridized carbons (Fsp3) is 0.444. The standard InChI is InChI=1S/C36H43N3O6/c1-4-44-34(40)31-25(2)37-26(3)32(33(31)27-12-11-17-30(24-27)39(42)43)35(41)45-23-22-38-20-18-36(19-21-38,28-13-7-5-8-14-28)29-15-9-6-10-16-29/h5-17,24-26,31-33,37H,4,18-23H2,1-3H3. The summed E-state index contributed by atoms with van der Waals surface area (Å²) in [7, 11) is 0. The summed E-state index contributed by atoms with van der Waals surface area (Å²) in [5.41, 5.74) is 3.03. The van der Waals surface area contributed by atoms with E-state index in [1.165, 1.54) is 23.3 Å². The molecule has 0 saturated carbocycles. The number of non-ortho nitro benzene ring substituents is 1. The Hall–Kier alpha value is -4.08. The number of nitrogens with zero attached hydrogens (tertiary/aromatic N) is 2. The second kappa shape index (κ2) is 14.3. The van der Waals surface area contributed by atoms with Gasteiger partial charge in [0.15, 0.2) is 0 Å². The third-order valence-corrected chi connectivity index (χ3v) is 9.69. The lowest BCUT2D eigenvalue weighted by Gasteiger charge is -2.44. The molecule has 2 fully saturated rings. The zero-order valence-corrected chi connectivity index (χ0v) is 26.3. The maximum Gasteiger partial charge on any atom is 0.311 e. The number of hydrogen-bond acceptors (Lipinski definition) is 8. The van der Waals surface area contributed by atoms with Crippen molar-refractivity contribution in [2.45, 2.75) is 57.0 Å². The van der Waals surface area contributed by atoms with Crippen LogP contribution in [0.5, 0.6) is 0 Å². The third-order valence-electron chi connectivity index (χ3n) is 9.69. The number of carbonyl (C=O) groups excluding carboxylic acids is 2. The number of nitro groups is 1. The van der Waals surface area contributed by atoms with Crippen molar-refractivity contribution in [2.24, 2.45) is 11.8 Å². The first-order valence-corrected chi connectivity index (χ1v) is 15.9. The smallest absolute Gasteiger partial charge is 0.311 e. The van der Waals surface area contributed by atoms with E-state index in [4.69, 9.17) is 9.47 Å². The Balaban J connectivity index is 1.29. The average molecular weight is 614 g/mol. The van der Waals surface area contributed by atoms with Crippen LogP contribution >= 0.6 is 0 Å². The summed E-state index contributed by atoms with van der Waals surface area (Å²) in [6.07, 6.45) is 1.90. The Bertz CT molecular complexity index is 1420. The molecule has 9 heteroatoms. The fourth-order valence-corrected chi connectivity index (χ4v) is 7.46. The third kappa shape index (κ3) is 6.94. The summed E-state index contributed by atoms with van der Waals surface area (Å²) >= 11 is 0. The second-order valence-corrected chi connectivity index (χ2v) is 12.2. The van der Waals surface area contributed by atoms with Crippen LogP contribution < -0.4 is 5.32 Å². The van der Waals surface area contributed by atoms with E-state index in [-0.39, 0.29) is 36.4 Å². The molecule has 238 valence electrons. The predicted octanol–water partition coefficient (Wildman–Crippen LogP) is 5.48. The molecule has 9 nitrogen and oxygen atoms in total. The number of piperidine rings is 2. The van der Waals surface area contributed by atoms with E-state index in [1.54, 1.807) is 19.1 Å². The van der Waals surface area contributed by atoms with Gasteiger partial charge in [0, 0.05) is 42.1 Å². The molecular weight excluding hydrogens is 570 g/mol. The number of nitro benzene ring substituents is 1. The van der Waals surface area contributed by atoms with Crippen molar-refractivity contribution >= 4 is 17.6 Å². The number of carbonyl (C=O) groups is 2. The molecule has 2 heterocycles. The fourth-order valence-electron chi connectivity index (χ4n) is 7.46. The maximum absolute atomic E-state index is 13.8. The predicted molar refractivity (Wildman–Crippen MR) is 172 cm³/mol. The van der Waals surface area contributed by atoms with Gasteiger partial charge in [-0.25, -0.2) is 0 Å². The quantitative estimate of drug-likeness (QED) is 0.182. The molecule has 2 aliphatic rings. The molecule has 0 spiro atoms. The Kier molecular flexibility index (Phi) is 10.3. The van der Waals surface area contributed by atoms with Crippen molar-refractivity contribution in [2.75, 3.05) is 32.8 Å². The van der Waals surface area contributed by atoms with E-state index >= 15 is 0 Å². The van der Waals surface area contributed by atoms with Crippen LogP contribution in [0, 0.1) is 22.0 Å².